The van der Waals surface area contributed by atoms with Gasteiger partial charge in [0.05, 0.1) is 17.5 Å². The lowest BCUT2D eigenvalue weighted by atomic mass is 10.1. The molecule has 1 fully saturated rings. The zero-order valence-corrected chi connectivity index (χ0v) is 17.0. The number of hydrogen-bond donors (Lipinski definition) is 1. The molecule has 1 amide bonds. The zero-order valence-electron chi connectivity index (χ0n) is 16.2. The van der Waals surface area contributed by atoms with Crippen molar-refractivity contribution in [3.8, 4) is 5.75 Å². The summed E-state index contributed by atoms with van der Waals surface area (Å²) in [6.07, 6.45) is 1.18. The van der Waals surface area contributed by atoms with E-state index >= 15 is 0 Å². The fourth-order valence-corrected chi connectivity index (χ4v) is 5.13. The molecule has 2 aromatic rings. The van der Waals surface area contributed by atoms with Crippen LogP contribution in [0.5, 0.6) is 5.75 Å². The molecule has 0 aromatic heterocycles. The van der Waals surface area contributed by atoms with Crippen LogP contribution in [0.1, 0.15) is 38.3 Å². The topological polar surface area (TPSA) is 75.7 Å². The fourth-order valence-electron chi connectivity index (χ4n) is 3.45. The summed E-state index contributed by atoms with van der Waals surface area (Å²) in [5.74, 6) is 0.474. The van der Waals surface area contributed by atoms with Crippen LogP contribution in [0.3, 0.4) is 0 Å². The molecule has 0 radical (unpaired) electrons. The van der Waals surface area contributed by atoms with E-state index in [0.29, 0.717) is 26.0 Å². The Labute approximate surface area is 166 Å². The molecule has 0 aliphatic carbocycles. The number of carbonyl (C=O) groups is 1. The van der Waals surface area contributed by atoms with Gasteiger partial charge in [0, 0.05) is 6.54 Å². The molecule has 1 aliphatic heterocycles. The predicted molar refractivity (Wildman–Crippen MR) is 108 cm³/mol. The number of rotatable bonds is 7. The van der Waals surface area contributed by atoms with Crippen molar-refractivity contribution in [2.75, 3.05) is 13.2 Å². The molecule has 1 heterocycles. The van der Waals surface area contributed by atoms with Crippen LogP contribution in [0.4, 0.5) is 0 Å². The van der Waals surface area contributed by atoms with Crippen LogP contribution >= 0.6 is 0 Å². The smallest absolute Gasteiger partial charge is 0.243 e. The van der Waals surface area contributed by atoms with Gasteiger partial charge < -0.3 is 10.1 Å². The van der Waals surface area contributed by atoms with Crippen molar-refractivity contribution in [2.24, 2.45) is 0 Å². The Balaban J connectivity index is 1.74. The van der Waals surface area contributed by atoms with Crippen LogP contribution in [0.2, 0.25) is 0 Å². The Morgan fingerprint density at radius 3 is 2.68 bits per heavy atom. The molecule has 6 nitrogen and oxygen atoms in total. The first-order valence-electron chi connectivity index (χ1n) is 9.53. The second-order valence-corrected chi connectivity index (χ2v) is 8.71. The Hall–Kier alpha value is -2.38. The van der Waals surface area contributed by atoms with E-state index in [1.807, 2.05) is 38.1 Å². The standard InChI is InChI=1S/C21H26N2O4S/c1-3-27-18-10-7-9-17(15-18)16(2)22-21(24)20-13-8-14-23(20)28(25,26)19-11-5-4-6-12-19/h4-7,9-12,15-16,20H,3,8,13-14H2,1-2H3,(H,22,24). The lowest BCUT2D eigenvalue weighted by molar-refractivity contribution is -0.124. The maximum atomic E-state index is 13.0. The number of ether oxygens (including phenoxy) is 1. The van der Waals surface area contributed by atoms with Crippen molar-refractivity contribution in [1.29, 1.82) is 0 Å². The summed E-state index contributed by atoms with van der Waals surface area (Å²) in [5.41, 5.74) is 0.912. The van der Waals surface area contributed by atoms with Gasteiger partial charge in [-0.15, -0.1) is 0 Å². The van der Waals surface area contributed by atoms with Gasteiger partial charge in [-0.3, -0.25) is 4.79 Å². The Bertz CT molecular complexity index is 915. The van der Waals surface area contributed by atoms with E-state index in [9.17, 15) is 13.2 Å². The van der Waals surface area contributed by atoms with Crippen LogP contribution in [-0.2, 0) is 14.8 Å². The molecule has 28 heavy (non-hydrogen) atoms. The molecular formula is C21H26N2O4S. The van der Waals surface area contributed by atoms with Crippen molar-refractivity contribution in [3.63, 3.8) is 0 Å². The van der Waals surface area contributed by atoms with Crippen molar-refractivity contribution < 1.29 is 17.9 Å². The molecule has 2 unspecified atom stereocenters. The largest absolute Gasteiger partial charge is 0.494 e. The number of carbonyl (C=O) groups excluding carboxylic acids is 1. The molecule has 0 spiro atoms. The van der Waals surface area contributed by atoms with Crippen LogP contribution in [0.15, 0.2) is 59.5 Å². The van der Waals surface area contributed by atoms with Gasteiger partial charge in [0.15, 0.2) is 0 Å². The molecule has 3 rings (SSSR count). The number of sulfonamides is 1. The number of nitrogens with one attached hydrogen (secondary N) is 1. The van der Waals surface area contributed by atoms with Gasteiger partial charge >= 0.3 is 0 Å². The minimum absolute atomic E-state index is 0.215. The van der Waals surface area contributed by atoms with E-state index in [4.69, 9.17) is 4.74 Å². The highest BCUT2D eigenvalue weighted by Gasteiger charge is 2.39. The zero-order chi connectivity index (χ0) is 20.1. The van der Waals surface area contributed by atoms with Crippen molar-refractivity contribution in [2.45, 2.75) is 43.7 Å². The molecule has 0 saturated carbocycles. The lowest BCUT2D eigenvalue weighted by Crippen LogP contribution is -2.46. The summed E-state index contributed by atoms with van der Waals surface area (Å²) in [5, 5.41) is 2.96. The third-order valence-corrected chi connectivity index (χ3v) is 6.81. The highest BCUT2D eigenvalue weighted by molar-refractivity contribution is 7.89. The van der Waals surface area contributed by atoms with Gasteiger partial charge in [0.1, 0.15) is 11.8 Å². The van der Waals surface area contributed by atoms with Gasteiger partial charge in [-0.2, -0.15) is 4.31 Å². The van der Waals surface area contributed by atoms with Crippen molar-refractivity contribution in [3.05, 3.63) is 60.2 Å². The van der Waals surface area contributed by atoms with Gasteiger partial charge in [-0.25, -0.2) is 8.42 Å². The number of hydrogen-bond acceptors (Lipinski definition) is 4. The third-order valence-electron chi connectivity index (χ3n) is 4.88. The van der Waals surface area contributed by atoms with E-state index < -0.39 is 16.1 Å². The number of nitrogens with zero attached hydrogens (tertiary/aromatic N) is 1. The first-order valence-corrected chi connectivity index (χ1v) is 11.0. The average molecular weight is 403 g/mol. The first kappa shape index (κ1) is 20.4. The molecule has 7 heteroatoms. The Kier molecular flexibility index (Phi) is 6.36. The average Bonchev–Trinajstić information content (AvgIpc) is 3.20. The molecule has 0 bridgehead atoms. The van der Waals surface area contributed by atoms with Crippen molar-refractivity contribution in [1.82, 2.24) is 9.62 Å². The SMILES string of the molecule is CCOc1cccc(C(C)NC(=O)C2CCCN2S(=O)(=O)c2ccccc2)c1. The van der Waals surface area contributed by atoms with Crippen LogP contribution in [0.25, 0.3) is 0 Å². The summed E-state index contributed by atoms with van der Waals surface area (Å²) in [6, 6.07) is 14.9. The van der Waals surface area contributed by atoms with Gasteiger partial charge in [-0.1, -0.05) is 30.3 Å². The molecule has 1 saturated heterocycles. The van der Waals surface area contributed by atoms with Crippen molar-refractivity contribution >= 4 is 15.9 Å². The van der Waals surface area contributed by atoms with Crippen LogP contribution in [-0.4, -0.2) is 37.8 Å². The Morgan fingerprint density at radius 2 is 1.96 bits per heavy atom. The summed E-state index contributed by atoms with van der Waals surface area (Å²) < 4.78 is 32.7. The first-order chi connectivity index (χ1) is 13.4. The van der Waals surface area contributed by atoms with Crippen LogP contribution < -0.4 is 10.1 Å². The molecule has 150 valence electrons. The summed E-state index contributed by atoms with van der Waals surface area (Å²) >= 11 is 0. The summed E-state index contributed by atoms with van der Waals surface area (Å²) in [7, 11) is -3.69. The maximum Gasteiger partial charge on any atom is 0.243 e. The summed E-state index contributed by atoms with van der Waals surface area (Å²) in [4.78, 5) is 13.1. The van der Waals surface area contributed by atoms with E-state index in [1.54, 1.807) is 30.3 Å². The van der Waals surface area contributed by atoms with E-state index in [0.717, 1.165) is 11.3 Å². The van der Waals surface area contributed by atoms with Crippen LogP contribution in [0, 0.1) is 0 Å². The third kappa shape index (κ3) is 4.36. The number of amides is 1. The Morgan fingerprint density at radius 1 is 1.21 bits per heavy atom. The molecule has 1 aliphatic rings. The van der Waals surface area contributed by atoms with Gasteiger partial charge in [0.2, 0.25) is 15.9 Å². The van der Waals surface area contributed by atoms with E-state index in [2.05, 4.69) is 5.32 Å². The van der Waals surface area contributed by atoms with E-state index in [1.165, 1.54) is 4.31 Å². The maximum absolute atomic E-state index is 13.0. The van der Waals surface area contributed by atoms with Gasteiger partial charge in [-0.05, 0) is 56.5 Å². The quantitative estimate of drug-likeness (QED) is 0.772. The lowest BCUT2D eigenvalue weighted by Gasteiger charge is -2.25. The molecule has 2 atom stereocenters. The molecule has 2 aromatic carbocycles. The second kappa shape index (κ2) is 8.75. The summed E-state index contributed by atoms with van der Waals surface area (Å²) in [6.45, 7) is 4.72. The minimum atomic E-state index is -3.69. The fraction of sp³-hybridized carbons (Fsp3) is 0.381. The monoisotopic (exact) mass is 402 g/mol. The molecule has 1 N–H and O–H groups in total. The second-order valence-electron chi connectivity index (χ2n) is 6.82. The highest BCUT2D eigenvalue weighted by atomic mass is 32.2. The predicted octanol–water partition coefficient (Wildman–Crippen LogP) is 3.12. The molecular weight excluding hydrogens is 376 g/mol. The van der Waals surface area contributed by atoms with Gasteiger partial charge in [0.25, 0.3) is 0 Å². The minimum Gasteiger partial charge on any atom is -0.494 e. The highest BCUT2D eigenvalue weighted by Crippen LogP contribution is 2.27. The van der Waals surface area contributed by atoms with E-state index in [-0.39, 0.29) is 16.8 Å². The number of benzene rings is 2. The normalized spacial score (nSPS) is 18.6.